The van der Waals surface area contributed by atoms with Crippen LogP contribution in [-0.2, 0) is 10.0 Å². The van der Waals surface area contributed by atoms with Crippen molar-refractivity contribution in [2.75, 3.05) is 19.6 Å². The van der Waals surface area contributed by atoms with E-state index in [4.69, 9.17) is 5.73 Å². The second kappa shape index (κ2) is 5.34. The Hall–Kier alpha value is -0.630. The van der Waals surface area contributed by atoms with Gasteiger partial charge in [-0.3, -0.25) is 5.10 Å². The Balaban J connectivity index is 0.00000144. The summed E-state index contributed by atoms with van der Waals surface area (Å²) in [6.07, 6.45) is 2.20. The van der Waals surface area contributed by atoms with Crippen molar-refractivity contribution >= 4 is 22.4 Å². The average molecular weight is 281 g/mol. The van der Waals surface area contributed by atoms with Gasteiger partial charge in [-0.05, 0) is 25.8 Å². The van der Waals surface area contributed by atoms with Gasteiger partial charge in [-0.2, -0.15) is 9.40 Å². The maximum Gasteiger partial charge on any atom is 0.246 e. The quantitative estimate of drug-likeness (QED) is 0.822. The first kappa shape index (κ1) is 14.4. The third kappa shape index (κ3) is 2.62. The van der Waals surface area contributed by atoms with Gasteiger partial charge in [0.1, 0.15) is 4.90 Å². The molecular formula is C9H17ClN4O2S. The van der Waals surface area contributed by atoms with Crippen molar-refractivity contribution in [1.29, 1.82) is 0 Å². The zero-order chi connectivity index (χ0) is 11.8. The lowest BCUT2D eigenvalue weighted by atomic mass is 10.1. The zero-order valence-electron chi connectivity index (χ0n) is 9.59. The summed E-state index contributed by atoms with van der Waals surface area (Å²) in [5.74, 6) is 0.280. The number of sulfonamides is 1. The maximum absolute atomic E-state index is 12.2. The molecule has 2 rings (SSSR count). The molecule has 2 heterocycles. The number of hydrogen-bond acceptors (Lipinski definition) is 4. The van der Waals surface area contributed by atoms with Crippen LogP contribution in [0.1, 0.15) is 12.1 Å². The summed E-state index contributed by atoms with van der Waals surface area (Å²) in [5, 5.41) is 6.39. The van der Waals surface area contributed by atoms with Crippen molar-refractivity contribution in [3.63, 3.8) is 0 Å². The van der Waals surface area contributed by atoms with Crippen molar-refractivity contribution in [3.8, 4) is 0 Å². The molecule has 1 aliphatic rings. The summed E-state index contributed by atoms with van der Waals surface area (Å²) in [6, 6.07) is 0. The van der Waals surface area contributed by atoms with Crippen LogP contribution in [0.5, 0.6) is 0 Å². The lowest BCUT2D eigenvalue weighted by Crippen LogP contribution is -2.30. The molecule has 0 saturated carbocycles. The zero-order valence-corrected chi connectivity index (χ0v) is 11.2. The van der Waals surface area contributed by atoms with Crippen LogP contribution < -0.4 is 5.73 Å². The summed E-state index contributed by atoms with van der Waals surface area (Å²) < 4.78 is 25.9. The highest BCUT2D eigenvalue weighted by Gasteiger charge is 2.33. The molecule has 0 bridgehead atoms. The van der Waals surface area contributed by atoms with Gasteiger partial charge in [-0.15, -0.1) is 12.4 Å². The molecule has 0 aromatic carbocycles. The standard InChI is InChI=1S/C9H16N4O2S.ClH/c1-7-9(5-11-12-7)16(14,15)13-3-2-8(4-10)6-13;/h5,8H,2-4,6,10H2,1H3,(H,11,12);1H. The highest BCUT2D eigenvalue weighted by molar-refractivity contribution is 7.89. The van der Waals surface area contributed by atoms with Crippen molar-refractivity contribution in [1.82, 2.24) is 14.5 Å². The second-order valence-corrected chi connectivity index (χ2v) is 6.02. The molecule has 1 saturated heterocycles. The third-order valence-corrected chi connectivity index (χ3v) is 4.96. The molecule has 0 amide bonds. The minimum Gasteiger partial charge on any atom is -0.330 e. The Morgan fingerprint density at radius 1 is 1.65 bits per heavy atom. The summed E-state index contributed by atoms with van der Waals surface area (Å²) in [7, 11) is -3.39. The Bertz CT molecular complexity index is 473. The average Bonchev–Trinajstić information content (AvgIpc) is 2.85. The van der Waals surface area contributed by atoms with Gasteiger partial charge in [0.15, 0.2) is 0 Å². The number of hydrogen-bond donors (Lipinski definition) is 2. The van der Waals surface area contributed by atoms with E-state index in [1.165, 1.54) is 10.5 Å². The van der Waals surface area contributed by atoms with E-state index in [2.05, 4.69) is 10.2 Å². The van der Waals surface area contributed by atoms with Crippen LogP contribution in [-0.4, -0.2) is 42.6 Å². The number of halogens is 1. The summed E-state index contributed by atoms with van der Waals surface area (Å²) in [6.45, 7) is 3.31. The largest absolute Gasteiger partial charge is 0.330 e. The summed E-state index contributed by atoms with van der Waals surface area (Å²) >= 11 is 0. The fourth-order valence-electron chi connectivity index (χ4n) is 1.95. The van der Waals surface area contributed by atoms with E-state index in [0.717, 1.165) is 6.42 Å². The number of nitrogens with zero attached hydrogens (tertiary/aromatic N) is 2. The molecule has 1 aliphatic heterocycles. The Kier molecular flexibility index (Phi) is 4.54. The summed E-state index contributed by atoms with van der Waals surface area (Å²) in [5.41, 5.74) is 6.13. The van der Waals surface area contributed by atoms with Crippen LogP contribution in [0.4, 0.5) is 0 Å². The number of aromatic amines is 1. The number of aryl methyl sites for hydroxylation is 1. The maximum atomic E-state index is 12.2. The monoisotopic (exact) mass is 280 g/mol. The predicted octanol–water partition coefficient (Wildman–Crippen LogP) is 0.109. The third-order valence-electron chi connectivity index (χ3n) is 2.98. The van der Waals surface area contributed by atoms with E-state index in [9.17, 15) is 8.42 Å². The first-order valence-electron chi connectivity index (χ1n) is 5.26. The number of aromatic nitrogens is 2. The fraction of sp³-hybridized carbons (Fsp3) is 0.667. The van der Waals surface area contributed by atoms with E-state index in [1.807, 2.05) is 0 Å². The van der Waals surface area contributed by atoms with Gasteiger partial charge in [0, 0.05) is 13.1 Å². The first-order valence-corrected chi connectivity index (χ1v) is 6.70. The van der Waals surface area contributed by atoms with Crippen molar-refractivity contribution < 1.29 is 8.42 Å². The lowest BCUT2D eigenvalue weighted by Gasteiger charge is -2.15. The summed E-state index contributed by atoms with van der Waals surface area (Å²) in [4.78, 5) is 0.269. The fourth-order valence-corrected chi connectivity index (χ4v) is 3.60. The van der Waals surface area contributed by atoms with Crippen LogP contribution in [0.15, 0.2) is 11.1 Å². The van der Waals surface area contributed by atoms with Crippen LogP contribution in [0.3, 0.4) is 0 Å². The molecule has 17 heavy (non-hydrogen) atoms. The van der Waals surface area contributed by atoms with Gasteiger partial charge in [0.2, 0.25) is 10.0 Å². The van der Waals surface area contributed by atoms with Crippen molar-refractivity contribution in [2.24, 2.45) is 11.7 Å². The molecule has 1 aromatic heterocycles. The molecular weight excluding hydrogens is 264 g/mol. The van der Waals surface area contributed by atoms with Crippen LogP contribution >= 0.6 is 12.4 Å². The molecule has 1 atom stereocenters. The topological polar surface area (TPSA) is 92.1 Å². The number of rotatable bonds is 3. The van der Waals surface area contributed by atoms with Gasteiger partial charge < -0.3 is 5.73 Å². The number of nitrogens with one attached hydrogen (secondary N) is 1. The van der Waals surface area contributed by atoms with E-state index in [-0.39, 0.29) is 23.2 Å². The van der Waals surface area contributed by atoms with E-state index >= 15 is 0 Å². The number of nitrogens with two attached hydrogens (primary N) is 1. The Morgan fingerprint density at radius 2 is 2.35 bits per heavy atom. The molecule has 0 radical (unpaired) electrons. The van der Waals surface area contributed by atoms with Crippen LogP contribution in [0, 0.1) is 12.8 Å². The normalized spacial score (nSPS) is 21.4. The van der Waals surface area contributed by atoms with E-state index < -0.39 is 10.0 Å². The van der Waals surface area contributed by atoms with Crippen molar-refractivity contribution in [3.05, 3.63) is 11.9 Å². The number of H-pyrrole nitrogens is 1. The molecule has 0 spiro atoms. The minimum absolute atomic E-state index is 0. The molecule has 98 valence electrons. The van der Waals surface area contributed by atoms with Crippen LogP contribution in [0.2, 0.25) is 0 Å². The molecule has 1 fully saturated rings. The highest BCUT2D eigenvalue weighted by Crippen LogP contribution is 2.24. The SMILES string of the molecule is Cc1[nH]ncc1S(=O)(=O)N1CCC(CN)C1.Cl. The minimum atomic E-state index is -3.39. The molecule has 1 unspecified atom stereocenters. The molecule has 1 aromatic rings. The molecule has 3 N–H and O–H groups in total. The Labute approximate surface area is 107 Å². The lowest BCUT2D eigenvalue weighted by molar-refractivity contribution is 0.458. The second-order valence-electron chi connectivity index (χ2n) is 4.11. The molecule has 6 nitrogen and oxygen atoms in total. The molecule has 8 heteroatoms. The smallest absolute Gasteiger partial charge is 0.246 e. The van der Waals surface area contributed by atoms with E-state index in [1.54, 1.807) is 6.92 Å². The van der Waals surface area contributed by atoms with Gasteiger partial charge in [0.05, 0.1) is 11.9 Å². The Morgan fingerprint density at radius 3 is 2.82 bits per heavy atom. The van der Waals surface area contributed by atoms with E-state index in [0.29, 0.717) is 25.3 Å². The highest BCUT2D eigenvalue weighted by atomic mass is 35.5. The van der Waals surface area contributed by atoms with Gasteiger partial charge in [-0.1, -0.05) is 0 Å². The molecule has 0 aliphatic carbocycles. The predicted molar refractivity (Wildman–Crippen MR) is 66.5 cm³/mol. The van der Waals surface area contributed by atoms with Crippen molar-refractivity contribution in [2.45, 2.75) is 18.2 Å². The van der Waals surface area contributed by atoms with Gasteiger partial charge in [-0.25, -0.2) is 8.42 Å². The first-order chi connectivity index (χ1) is 7.55. The van der Waals surface area contributed by atoms with Crippen LogP contribution in [0.25, 0.3) is 0 Å². The van der Waals surface area contributed by atoms with Gasteiger partial charge >= 0.3 is 0 Å². The van der Waals surface area contributed by atoms with Gasteiger partial charge in [0.25, 0.3) is 0 Å².